The average Bonchev–Trinajstić information content (AvgIpc) is 2.75. The minimum Gasteiger partial charge on any atom is -0.493 e. The first kappa shape index (κ1) is 19.5. The van der Waals surface area contributed by atoms with Gasteiger partial charge < -0.3 is 14.2 Å². The van der Waals surface area contributed by atoms with Crippen molar-refractivity contribution in [1.82, 2.24) is 0 Å². The SMILES string of the molecule is CCOc1ccccc1OCCCOc1ccc(C(=O)c2ccccc2)cc1. The van der Waals surface area contributed by atoms with Crippen molar-refractivity contribution in [1.29, 1.82) is 0 Å². The smallest absolute Gasteiger partial charge is 0.193 e. The van der Waals surface area contributed by atoms with Gasteiger partial charge in [-0.1, -0.05) is 42.5 Å². The zero-order valence-electron chi connectivity index (χ0n) is 16.0. The second kappa shape index (κ2) is 10.2. The predicted octanol–water partition coefficient (Wildman–Crippen LogP) is 5.16. The molecular formula is C24H24O4. The summed E-state index contributed by atoms with van der Waals surface area (Å²) < 4.78 is 17.1. The summed E-state index contributed by atoms with van der Waals surface area (Å²) in [6.07, 6.45) is 0.741. The van der Waals surface area contributed by atoms with Crippen molar-refractivity contribution in [2.24, 2.45) is 0 Å². The van der Waals surface area contributed by atoms with E-state index in [1.807, 2.05) is 73.7 Å². The third-order valence-corrected chi connectivity index (χ3v) is 4.12. The average molecular weight is 376 g/mol. The molecule has 0 radical (unpaired) electrons. The molecule has 4 nitrogen and oxygen atoms in total. The maximum atomic E-state index is 12.4. The van der Waals surface area contributed by atoms with Gasteiger partial charge in [0.05, 0.1) is 19.8 Å². The fourth-order valence-corrected chi connectivity index (χ4v) is 2.73. The highest BCUT2D eigenvalue weighted by atomic mass is 16.5. The second-order valence-corrected chi connectivity index (χ2v) is 6.15. The lowest BCUT2D eigenvalue weighted by atomic mass is 10.0. The number of benzene rings is 3. The van der Waals surface area contributed by atoms with Gasteiger partial charge in [-0.05, 0) is 43.3 Å². The van der Waals surface area contributed by atoms with Crippen molar-refractivity contribution in [3.05, 3.63) is 90.0 Å². The first-order chi connectivity index (χ1) is 13.8. The molecule has 0 aliphatic rings. The van der Waals surface area contributed by atoms with Gasteiger partial charge in [-0.2, -0.15) is 0 Å². The number of carbonyl (C=O) groups is 1. The van der Waals surface area contributed by atoms with E-state index in [1.54, 1.807) is 12.1 Å². The minimum absolute atomic E-state index is 0.00788. The molecule has 0 saturated heterocycles. The number of ether oxygens (including phenoxy) is 3. The number of carbonyl (C=O) groups excluding carboxylic acids is 1. The molecule has 3 aromatic rings. The van der Waals surface area contributed by atoms with Crippen molar-refractivity contribution in [2.75, 3.05) is 19.8 Å². The van der Waals surface area contributed by atoms with E-state index in [4.69, 9.17) is 14.2 Å². The highest BCUT2D eigenvalue weighted by molar-refractivity contribution is 6.08. The van der Waals surface area contributed by atoms with Crippen molar-refractivity contribution in [3.8, 4) is 17.2 Å². The molecule has 0 spiro atoms. The van der Waals surface area contributed by atoms with Gasteiger partial charge in [0.1, 0.15) is 5.75 Å². The van der Waals surface area contributed by atoms with E-state index in [0.717, 1.165) is 23.7 Å². The van der Waals surface area contributed by atoms with Crippen LogP contribution in [-0.2, 0) is 0 Å². The summed E-state index contributed by atoms with van der Waals surface area (Å²) in [7, 11) is 0. The summed E-state index contributed by atoms with van der Waals surface area (Å²) in [5.41, 5.74) is 1.33. The van der Waals surface area contributed by atoms with Crippen LogP contribution in [0.1, 0.15) is 29.3 Å². The van der Waals surface area contributed by atoms with E-state index in [-0.39, 0.29) is 5.78 Å². The van der Waals surface area contributed by atoms with E-state index in [1.165, 1.54) is 0 Å². The summed E-state index contributed by atoms with van der Waals surface area (Å²) in [6, 6.07) is 24.1. The fourth-order valence-electron chi connectivity index (χ4n) is 2.73. The van der Waals surface area contributed by atoms with E-state index in [0.29, 0.717) is 30.9 Å². The molecule has 0 fully saturated rings. The third-order valence-electron chi connectivity index (χ3n) is 4.12. The summed E-state index contributed by atoms with van der Waals surface area (Å²) >= 11 is 0. The zero-order chi connectivity index (χ0) is 19.6. The fraction of sp³-hybridized carbons (Fsp3) is 0.208. The maximum absolute atomic E-state index is 12.4. The van der Waals surface area contributed by atoms with Crippen molar-refractivity contribution in [3.63, 3.8) is 0 Å². The van der Waals surface area contributed by atoms with E-state index in [2.05, 4.69) is 0 Å². The van der Waals surface area contributed by atoms with Crippen LogP contribution in [0.25, 0.3) is 0 Å². The van der Waals surface area contributed by atoms with E-state index >= 15 is 0 Å². The van der Waals surface area contributed by atoms with Gasteiger partial charge in [-0.25, -0.2) is 0 Å². The highest BCUT2D eigenvalue weighted by Crippen LogP contribution is 2.26. The zero-order valence-corrected chi connectivity index (χ0v) is 16.0. The van der Waals surface area contributed by atoms with E-state index < -0.39 is 0 Å². The van der Waals surface area contributed by atoms with Crippen LogP contribution in [0.5, 0.6) is 17.2 Å². The Hall–Kier alpha value is -3.27. The Labute approximate surface area is 165 Å². The van der Waals surface area contributed by atoms with Crippen LogP contribution in [-0.4, -0.2) is 25.6 Å². The van der Waals surface area contributed by atoms with Crippen LogP contribution in [0.15, 0.2) is 78.9 Å². The number of para-hydroxylation sites is 2. The third kappa shape index (κ3) is 5.36. The molecule has 0 aliphatic heterocycles. The van der Waals surface area contributed by atoms with Gasteiger partial charge >= 0.3 is 0 Å². The van der Waals surface area contributed by atoms with Crippen LogP contribution in [0.2, 0.25) is 0 Å². The predicted molar refractivity (Wildman–Crippen MR) is 110 cm³/mol. The Balaban J connectivity index is 1.44. The Morgan fingerprint density at radius 3 is 1.93 bits per heavy atom. The molecule has 4 heteroatoms. The highest BCUT2D eigenvalue weighted by Gasteiger charge is 2.08. The minimum atomic E-state index is 0.00788. The molecule has 144 valence electrons. The maximum Gasteiger partial charge on any atom is 0.193 e. The molecule has 0 aliphatic carbocycles. The summed E-state index contributed by atoms with van der Waals surface area (Å²) in [6.45, 7) is 3.62. The molecule has 0 N–H and O–H groups in total. The topological polar surface area (TPSA) is 44.8 Å². The Kier molecular flexibility index (Phi) is 7.08. The van der Waals surface area contributed by atoms with Crippen molar-refractivity contribution in [2.45, 2.75) is 13.3 Å². The van der Waals surface area contributed by atoms with Crippen molar-refractivity contribution >= 4 is 5.78 Å². The van der Waals surface area contributed by atoms with Gasteiger partial charge in [0, 0.05) is 17.5 Å². The summed E-state index contributed by atoms with van der Waals surface area (Å²) in [5.74, 6) is 2.24. The Morgan fingerprint density at radius 2 is 1.25 bits per heavy atom. The molecule has 3 rings (SSSR count). The van der Waals surface area contributed by atoms with Crippen LogP contribution in [0.4, 0.5) is 0 Å². The molecule has 0 unspecified atom stereocenters. The van der Waals surface area contributed by atoms with Gasteiger partial charge in [0.15, 0.2) is 17.3 Å². The van der Waals surface area contributed by atoms with Gasteiger partial charge in [0.25, 0.3) is 0 Å². The molecule has 3 aromatic carbocycles. The molecule has 0 saturated carbocycles. The monoisotopic (exact) mass is 376 g/mol. The largest absolute Gasteiger partial charge is 0.493 e. The molecule has 0 amide bonds. The summed E-state index contributed by atoms with van der Waals surface area (Å²) in [5, 5.41) is 0. The standard InChI is InChI=1S/C24H24O4/c1-2-26-22-11-6-7-12-23(22)28-18-8-17-27-21-15-13-20(14-16-21)24(25)19-9-4-3-5-10-19/h3-7,9-16H,2,8,17-18H2,1H3. The number of ketones is 1. The molecule has 28 heavy (non-hydrogen) atoms. The van der Waals surface area contributed by atoms with Gasteiger partial charge in [-0.3, -0.25) is 4.79 Å². The number of hydrogen-bond donors (Lipinski definition) is 0. The first-order valence-corrected chi connectivity index (χ1v) is 9.45. The summed E-state index contributed by atoms with van der Waals surface area (Å²) in [4.78, 5) is 12.4. The molecule has 0 atom stereocenters. The van der Waals surface area contributed by atoms with Crippen molar-refractivity contribution < 1.29 is 19.0 Å². The first-order valence-electron chi connectivity index (χ1n) is 9.45. The van der Waals surface area contributed by atoms with Crippen LogP contribution < -0.4 is 14.2 Å². The molecular weight excluding hydrogens is 352 g/mol. The quantitative estimate of drug-likeness (QED) is 0.362. The van der Waals surface area contributed by atoms with Crippen LogP contribution in [0, 0.1) is 0 Å². The number of rotatable bonds is 10. The lowest BCUT2D eigenvalue weighted by molar-refractivity contribution is 0.103. The normalized spacial score (nSPS) is 10.3. The Morgan fingerprint density at radius 1 is 0.679 bits per heavy atom. The second-order valence-electron chi connectivity index (χ2n) is 6.15. The lowest BCUT2D eigenvalue weighted by Gasteiger charge is -2.12. The van der Waals surface area contributed by atoms with Gasteiger partial charge in [-0.15, -0.1) is 0 Å². The molecule has 0 bridgehead atoms. The lowest BCUT2D eigenvalue weighted by Crippen LogP contribution is -2.06. The molecule has 0 heterocycles. The van der Waals surface area contributed by atoms with Crippen LogP contribution >= 0.6 is 0 Å². The Bertz CT molecular complexity index is 873. The van der Waals surface area contributed by atoms with Gasteiger partial charge in [0.2, 0.25) is 0 Å². The molecule has 0 aromatic heterocycles. The number of hydrogen-bond acceptors (Lipinski definition) is 4. The van der Waals surface area contributed by atoms with E-state index in [9.17, 15) is 4.79 Å². The van der Waals surface area contributed by atoms with Crippen LogP contribution in [0.3, 0.4) is 0 Å².